The molecular weight excluding hydrogens is 649 g/mol. The van der Waals surface area contributed by atoms with Gasteiger partial charge in [-0.25, -0.2) is 9.59 Å². The number of rotatable bonds is 22. The number of ether oxygens (including phenoxy) is 3. The minimum Gasteiger partial charge on any atom is -0.478 e. The molecule has 0 aliphatic heterocycles. The van der Waals surface area contributed by atoms with Crippen molar-refractivity contribution in [2.24, 2.45) is 0 Å². The molecule has 0 spiro atoms. The largest absolute Gasteiger partial charge is 0.478 e. The Bertz CT molecular complexity index is 1480. The van der Waals surface area contributed by atoms with Crippen LogP contribution in [0.25, 0.3) is 22.3 Å². The smallest absolute Gasteiger partial charge is 0.425 e. The second kappa shape index (κ2) is 21.1. The van der Waals surface area contributed by atoms with Crippen molar-refractivity contribution in [1.82, 2.24) is 0 Å². The van der Waals surface area contributed by atoms with Gasteiger partial charge >= 0.3 is 24.1 Å². The fourth-order valence-electron chi connectivity index (χ4n) is 5.60. The van der Waals surface area contributed by atoms with E-state index in [2.05, 4.69) is 6.92 Å². The first-order valence-corrected chi connectivity index (χ1v) is 17.7. The molecule has 7 nitrogen and oxygen atoms in total. The van der Waals surface area contributed by atoms with E-state index in [-0.39, 0.29) is 30.1 Å². The number of alkyl halides is 3. The molecule has 0 saturated heterocycles. The Morgan fingerprint density at radius 1 is 0.700 bits per heavy atom. The molecule has 50 heavy (non-hydrogen) atoms. The highest BCUT2D eigenvalue weighted by Gasteiger charge is 2.42. The summed E-state index contributed by atoms with van der Waals surface area (Å²) in [5.41, 5.74) is 2.41. The fraction of sp³-hybridized carbons (Fsp3) is 0.475. The van der Waals surface area contributed by atoms with E-state index < -0.39 is 30.6 Å². The van der Waals surface area contributed by atoms with Crippen molar-refractivity contribution in [1.29, 1.82) is 0 Å². The molecule has 0 bridgehead atoms. The molecule has 3 aromatic rings. The highest BCUT2D eigenvalue weighted by molar-refractivity contribution is 5.94. The summed E-state index contributed by atoms with van der Waals surface area (Å²) in [4.78, 5) is 36.9. The van der Waals surface area contributed by atoms with Crippen LogP contribution in [0.2, 0.25) is 0 Å². The number of carboxylic acid groups (broad SMARTS) is 1. The van der Waals surface area contributed by atoms with Crippen molar-refractivity contribution in [3.8, 4) is 28.0 Å². The van der Waals surface area contributed by atoms with Crippen LogP contribution in [-0.4, -0.2) is 48.5 Å². The first kappa shape index (κ1) is 40.3. The number of unbranched alkanes of at least 4 members (excludes halogenated alkanes) is 9. The lowest BCUT2D eigenvalue weighted by atomic mass is 9.92. The Labute approximate surface area is 293 Å². The van der Waals surface area contributed by atoms with E-state index in [4.69, 9.17) is 14.2 Å². The minimum atomic E-state index is -4.73. The van der Waals surface area contributed by atoms with Crippen LogP contribution in [0.1, 0.15) is 118 Å². The lowest BCUT2D eigenvalue weighted by Gasteiger charge is -2.20. The van der Waals surface area contributed by atoms with Crippen molar-refractivity contribution in [3.05, 3.63) is 77.9 Å². The van der Waals surface area contributed by atoms with Gasteiger partial charge in [0.2, 0.25) is 0 Å². The summed E-state index contributed by atoms with van der Waals surface area (Å²) < 4.78 is 56.0. The summed E-state index contributed by atoms with van der Waals surface area (Å²) >= 11 is 0. The van der Waals surface area contributed by atoms with Crippen molar-refractivity contribution in [2.75, 3.05) is 13.2 Å². The van der Waals surface area contributed by atoms with Crippen LogP contribution < -0.4 is 4.74 Å². The Hall–Kier alpha value is -4.18. The van der Waals surface area contributed by atoms with E-state index in [1.54, 1.807) is 37.3 Å². The maximum absolute atomic E-state index is 13.5. The molecule has 0 unspecified atom stereocenters. The molecular formula is C40H49F3O7. The number of carboxylic acids is 1. The Morgan fingerprint density at radius 2 is 1.26 bits per heavy atom. The molecule has 0 aliphatic carbocycles. The monoisotopic (exact) mass is 698 g/mol. The van der Waals surface area contributed by atoms with Gasteiger partial charge in [0, 0.05) is 19.6 Å². The molecule has 1 N–H and O–H groups in total. The van der Waals surface area contributed by atoms with Gasteiger partial charge in [-0.3, -0.25) is 4.79 Å². The van der Waals surface area contributed by atoms with Crippen molar-refractivity contribution < 1.29 is 46.9 Å². The fourth-order valence-corrected chi connectivity index (χ4v) is 5.60. The zero-order valence-corrected chi connectivity index (χ0v) is 29.1. The second-order valence-corrected chi connectivity index (χ2v) is 12.3. The number of benzene rings is 3. The van der Waals surface area contributed by atoms with Crippen LogP contribution in [0.15, 0.2) is 66.7 Å². The predicted octanol–water partition coefficient (Wildman–Crippen LogP) is 10.8. The molecule has 10 heteroatoms. The van der Waals surface area contributed by atoms with Crippen LogP contribution in [0.5, 0.6) is 5.75 Å². The SMILES string of the molecule is CCCCCCCCCCCCC(=O)Oc1ccc(-c2ccc(C(=O)O)cc2-c2ccc(C(=O)O[C@H](CCCOCC)C(F)(F)F)cc2)cc1. The normalized spacial score (nSPS) is 12.0. The Morgan fingerprint density at radius 3 is 1.84 bits per heavy atom. The molecule has 0 aliphatic rings. The average Bonchev–Trinajstić information content (AvgIpc) is 3.10. The quantitative estimate of drug-likeness (QED) is 0.0633. The van der Waals surface area contributed by atoms with Crippen LogP contribution in [0.3, 0.4) is 0 Å². The van der Waals surface area contributed by atoms with Crippen molar-refractivity contribution in [2.45, 2.75) is 110 Å². The summed E-state index contributed by atoms with van der Waals surface area (Å²) in [6.07, 6.45) is 4.75. The number of esters is 2. The number of aromatic carboxylic acids is 1. The number of carbonyl (C=O) groups excluding carboxylic acids is 2. The molecule has 3 aromatic carbocycles. The Balaban J connectivity index is 1.64. The minimum absolute atomic E-state index is 0.0323. The van der Waals surface area contributed by atoms with Gasteiger partial charge in [-0.15, -0.1) is 0 Å². The van der Waals surface area contributed by atoms with E-state index in [1.165, 1.54) is 81.3 Å². The summed E-state index contributed by atoms with van der Waals surface area (Å²) in [6.45, 7) is 4.45. The van der Waals surface area contributed by atoms with Gasteiger partial charge in [-0.1, -0.05) is 95.0 Å². The first-order valence-electron chi connectivity index (χ1n) is 17.7. The molecule has 272 valence electrons. The number of hydrogen-bond donors (Lipinski definition) is 1. The lowest BCUT2D eigenvalue weighted by molar-refractivity contribution is -0.206. The third kappa shape index (κ3) is 13.6. The highest BCUT2D eigenvalue weighted by Crippen LogP contribution is 2.35. The third-order valence-corrected chi connectivity index (χ3v) is 8.40. The standard InChI is InChI=1S/C40H49F3O7/c1-3-5-6-7-8-9-10-11-12-13-16-37(44)49-33-24-21-29(22-25-33)34-26-23-32(38(45)46)28-35(34)30-17-19-31(20-18-30)39(47)50-36(40(41,42)43)15-14-27-48-4-2/h17-26,28,36H,3-16,27H2,1-2H3,(H,45,46)/t36-/m1/s1. The molecule has 1 atom stereocenters. The molecule has 0 fully saturated rings. The van der Waals surface area contributed by atoms with E-state index in [0.717, 1.165) is 24.8 Å². The van der Waals surface area contributed by atoms with Crippen molar-refractivity contribution in [3.63, 3.8) is 0 Å². The van der Waals surface area contributed by atoms with E-state index >= 15 is 0 Å². The summed E-state index contributed by atoms with van der Waals surface area (Å²) in [5, 5.41) is 9.64. The van der Waals surface area contributed by atoms with Crippen LogP contribution in [0, 0.1) is 0 Å². The van der Waals surface area contributed by atoms with Crippen LogP contribution >= 0.6 is 0 Å². The zero-order valence-electron chi connectivity index (χ0n) is 29.1. The molecule has 0 heterocycles. The predicted molar refractivity (Wildman–Crippen MR) is 187 cm³/mol. The first-order chi connectivity index (χ1) is 24.0. The molecule has 0 amide bonds. The van der Waals surface area contributed by atoms with Crippen LogP contribution in [0.4, 0.5) is 13.2 Å². The second-order valence-electron chi connectivity index (χ2n) is 12.3. The molecule has 0 radical (unpaired) electrons. The topological polar surface area (TPSA) is 99.1 Å². The average molecular weight is 699 g/mol. The van der Waals surface area contributed by atoms with Crippen LogP contribution in [-0.2, 0) is 14.3 Å². The van der Waals surface area contributed by atoms with Crippen molar-refractivity contribution >= 4 is 17.9 Å². The maximum Gasteiger partial charge on any atom is 0.425 e. The Kier molecular flexibility index (Phi) is 17.0. The highest BCUT2D eigenvalue weighted by atomic mass is 19.4. The number of halogens is 3. The lowest BCUT2D eigenvalue weighted by Crippen LogP contribution is -2.34. The van der Waals surface area contributed by atoms with E-state index in [1.807, 2.05) is 0 Å². The van der Waals surface area contributed by atoms with Gasteiger partial charge in [-0.05, 0) is 84.8 Å². The molecule has 3 rings (SSSR count). The summed E-state index contributed by atoms with van der Waals surface area (Å²) in [7, 11) is 0. The third-order valence-electron chi connectivity index (χ3n) is 8.40. The molecule has 0 saturated carbocycles. The van der Waals surface area contributed by atoms with Gasteiger partial charge in [0.05, 0.1) is 11.1 Å². The van der Waals surface area contributed by atoms with Gasteiger partial charge in [0.15, 0.2) is 6.10 Å². The van der Waals surface area contributed by atoms with Gasteiger partial charge in [0.25, 0.3) is 0 Å². The maximum atomic E-state index is 13.5. The van der Waals surface area contributed by atoms with E-state index in [9.17, 15) is 32.7 Å². The van der Waals surface area contributed by atoms with Gasteiger partial charge in [0.1, 0.15) is 5.75 Å². The number of hydrogen-bond acceptors (Lipinski definition) is 6. The summed E-state index contributed by atoms with van der Waals surface area (Å²) in [6, 6.07) is 17.2. The molecule has 0 aromatic heterocycles. The van der Waals surface area contributed by atoms with E-state index in [0.29, 0.717) is 35.5 Å². The zero-order chi connectivity index (χ0) is 36.4. The summed E-state index contributed by atoms with van der Waals surface area (Å²) in [5.74, 6) is -2.15. The number of carbonyl (C=O) groups is 3. The van der Waals surface area contributed by atoms with Gasteiger partial charge < -0.3 is 19.3 Å². The van der Waals surface area contributed by atoms with Gasteiger partial charge in [-0.2, -0.15) is 13.2 Å².